The van der Waals surface area contributed by atoms with Gasteiger partial charge in [-0.15, -0.1) is 0 Å². The second kappa shape index (κ2) is 7.56. The number of carbonyl (C=O) groups is 3. The molecular formula is C18H13BrN2O6S. The van der Waals surface area contributed by atoms with Gasteiger partial charge in [-0.1, -0.05) is 33.6 Å². The van der Waals surface area contributed by atoms with Crippen LogP contribution >= 0.6 is 15.9 Å². The first-order chi connectivity index (χ1) is 13.2. The molecule has 2 aromatic rings. The van der Waals surface area contributed by atoms with Crippen LogP contribution in [0.2, 0.25) is 0 Å². The Kier molecular flexibility index (Phi) is 5.34. The Hall–Kier alpha value is -2.98. The maximum atomic E-state index is 12.6. The van der Waals surface area contributed by atoms with Gasteiger partial charge in [0.05, 0.1) is 0 Å². The first-order valence-corrected chi connectivity index (χ1v) is 10.0. The summed E-state index contributed by atoms with van der Waals surface area (Å²) in [5.74, 6) is -1.89. The minimum absolute atomic E-state index is 0.0432. The summed E-state index contributed by atoms with van der Waals surface area (Å²) in [6, 6.07) is 9.57. The lowest BCUT2D eigenvalue weighted by Gasteiger charge is -2.15. The highest BCUT2D eigenvalue weighted by Crippen LogP contribution is 2.29. The fourth-order valence-corrected chi connectivity index (χ4v) is 3.67. The van der Waals surface area contributed by atoms with Gasteiger partial charge in [0.1, 0.15) is 16.2 Å². The van der Waals surface area contributed by atoms with Crippen LogP contribution in [0.1, 0.15) is 11.1 Å². The molecule has 0 radical (unpaired) electrons. The zero-order valence-electron chi connectivity index (χ0n) is 14.4. The molecule has 2 N–H and O–H groups in total. The van der Waals surface area contributed by atoms with Crippen LogP contribution in [0.5, 0.6) is 5.75 Å². The molecule has 10 heteroatoms. The second-order valence-corrected chi connectivity index (χ2v) is 8.29. The van der Waals surface area contributed by atoms with E-state index in [-0.39, 0.29) is 21.8 Å². The number of hydrogen-bond donors (Lipinski definition) is 2. The molecular weight excluding hydrogens is 452 g/mol. The first-order valence-electron chi connectivity index (χ1n) is 7.85. The van der Waals surface area contributed by atoms with Crippen LogP contribution in [0.15, 0.2) is 57.4 Å². The normalized spacial score (nSPS) is 14.4. The van der Waals surface area contributed by atoms with Crippen molar-refractivity contribution in [2.24, 2.45) is 0 Å². The molecule has 0 aliphatic carbocycles. The Labute approximate surface area is 168 Å². The number of barbiturate groups is 1. The highest BCUT2D eigenvalue weighted by Gasteiger charge is 2.28. The molecule has 1 heterocycles. The molecule has 1 fully saturated rings. The molecule has 2 aromatic carbocycles. The number of nitrogens with one attached hydrogen (secondary N) is 2. The highest BCUT2D eigenvalue weighted by molar-refractivity contribution is 9.10. The number of urea groups is 1. The van der Waals surface area contributed by atoms with Gasteiger partial charge in [0, 0.05) is 10.0 Å². The number of hydrogen-bond acceptors (Lipinski definition) is 6. The van der Waals surface area contributed by atoms with Gasteiger partial charge in [0.2, 0.25) is 0 Å². The molecule has 144 valence electrons. The van der Waals surface area contributed by atoms with Crippen molar-refractivity contribution in [2.75, 3.05) is 0 Å². The van der Waals surface area contributed by atoms with Gasteiger partial charge >= 0.3 is 16.1 Å². The van der Waals surface area contributed by atoms with Gasteiger partial charge in [-0.2, -0.15) is 8.42 Å². The van der Waals surface area contributed by atoms with Gasteiger partial charge in [-0.05, 0) is 43.3 Å². The van der Waals surface area contributed by atoms with Crippen LogP contribution in [0, 0.1) is 6.92 Å². The summed E-state index contributed by atoms with van der Waals surface area (Å²) < 4.78 is 30.9. The highest BCUT2D eigenvalue weighted by atomic mass is 79.9. The van der Waals surface area contributed by atoms with Gasteiger partial charge < -0.3 is 4.18 Å². The van der Waals surface area contributed by atoms with Crippen LogP contribution in [-0.4, -0.2) is 26.3 Å². The Balaban J connectivity index is 2.01. The van der Waals surface area contributed by atoms with E-state index < -0.39 is 28.0 Å². The number of halogens is 1. The molecule has 0 saturated carbocycles. The van der Waals surface area contributed by atoms with Gasteiger partial charge in [0.25, 0.3) is 11.8 Å². The third-order valence-corrected chi connectivity index (χ3v) is 5.47. The van der Waals surface area contributed by atoms with E-state index in [9.17, 15) is 22.8 Å². The lowest BCUT2D eigenvalue weighted by molar-refractivity contribution is -0.123. The smallest absolute Gasteiger partial charge is 0.339 e. The topological polar surface area (TPSA) is 119 Å². The van der Waals surface area contributed by atoms with E-state index in [1.54, 1.807) is 18.2 Å². The Morgan fingerprint density at radius 3 is 2.18 bits per heavy atom. The average molecular weight is 465 g/mol. The van der Waals surface area contributed by atoms with E-state index in [4.69, 9.17) is 4.18 Å². The van der Waals surface area contributed by atoms with Crippen LogP contribution in [0.3, 0.4) is 0 Å². The molecule has 0 unspecified atom stereocenters. The number of aryl methyl sites for hydroxylation is 1. The van der Waals surface area contributed by atoms with Crippen molar-refractivity contribution in [3.8, 4) is 5.75 Å². The van der Waals surface area contributed by atoms with Gasteiger partial charge in [0.15, 0.2) is 0 Å². The van der Waals surface area contributed by atoms with E-state index in [1.165, 1.54) is 24.3 Å². The third-order valence-electron chi connectivity index (χ3n) is 3.72. The molecule has 8 nitrogen and oxygen atoms in total. The molecule has 0 atom stereocenters. The van der Waals surface area contributed by atoms with Crippen molar-refractivity contribution in [1.29, 1.82) is 0 Å². The molecule has 3 rings (SSSR count). The van der Waals surface area contributed by atoms with Crippen molar-refractivity contribution >= 4 is 50.0 Å². The zero-order valence-corrected chi connectivity index (χ0v) is 16.8. The SMILES string of the molecule is Cc1ccc(S(=O)(=O)Oc2ccc(Br)cc2C=C2C(=O)NC(=O)NC2=O)cc1. The molecule has 28 heavy (non-hydrogen) atoms. The molecule has 0 spiro atoms. The summed E-state index contributed by atoms with van der Waals surface area (Å²) in [6.45, 7) is 1.82. The van der Waals surface area contributed by atoms with Gasteiger partial charge in [-0.25, -0.2) is 4.79 Å². The summed E-state index contributed by atoms with van der Waals surface area (Å²) in [5, 5.41) is 3.89. The second-order valence-electron chi connectivity index (χ2n) is 5.83. The number of imide groups is 2. The molecule has 0 aromatic heterocycles. The summed E-state index contributed by atoms with van der Waals surface area (Å²) >= 11 is 3.24. The van der Waals surface area contributed by atoms with E-state index in [0.717, 1.165) is 11.6 Å². The predicted molar refractivity (Wildman–Crippen MR) is 103 cm³/mol. The number of benzene rings is 2. The predicted octanol–water partition coefficient (Wildman–Crippen LogP) is 2.27. The maximum Gasteiger partial charge on any atom is 0.339 e. The number of amides is 4. The van der Waals surface area contributed by atoms with Crippen molar-refractivity contribution in [2.45, 2.75) is 11.8 Å². The van der Waals surface area contributed by atoms with Crippen LogP contribution < -0.4 is 14.8 Å². The molecule has 0 bridgehead atoms. The minimum atomic E-state index is -4.14. The average Bonchev–Trinajstić information content (AvgIpc) is 2.60. The third kappa shape index (κ3) is 4.29. The van der Waals surface area contributed by atoms with Crippen LogP contribution in [0.25, 0.3) is 6.08 Å². The van der Waals surface area contributed by atoms with Crippen LogP contribution in [-0.2, 0) is 19.7 Å². The quantitative estimate of drug-likeness (QED) is 0.406. The lowest BCUT2D eigenvalue weighted by atomic mass is 10.1. The van der Waals surface area contributed by atoms with Crippen molar-refractivity contribution in [3.63, 3.8) is 0 Å². The maximum absolute atomic E-state index is 12.6. The van der Waals surface area contributed by atoms with Gasteiger partial charge in [-0.3, -0.25) is 20.2 Å². The Bertz CT molecular complexity index is 1100. The summed E-state index contributed by atoms with van der Waals surface area (Å²) in [5.41, 5.74) is 0.673. The van der Waals surface area contributed by atoms with E-state index in [0.29, 0.717) is 4.47 Å². The zero-order chi connectivity index (χ0) is 20.5. The summed E-state index contributed by atoms with van der Waals surface area (Å²) in [7, 11) is -4.14. The standard InChI is InChI=1S/C18H13BrN2O6S/c1-10-2-5-13(6-3-10)28(25,26)27-15-7-4-12(19)8-11(15)9-14-16(22)20-18(24)21-17(14)23/h2-9H,1H3,(H2,20,21,22,23,24). The first kappa shape index (κ1) is 19.8. The summed E-state index contributed by atoms with van der Waals surface area (Å²) in [6.07, 6.45) is 1.14. The van der Waals surface area contributed by atoms with Crippen molar-refractivity contribution in [3.05, 3.63) is 63.6 Å². The molecule has 1 aliphatic rings. The Morgan fingerprint density at radius 1 is 0.964 bits per heavy atom. The lowest BCUT2D eigenvalue weighted by Crippen LogP contribution is -2.51. The molecule has 4 amide bonds. The van der Waals surface area contributed by atoms with E-state index >= 15 is 0 Å². The monoisotopic (exact) mass is 464 g/mol. The van der Waals surface area contributed by atoms with Crippen LogP contribution in [0.4, 0.5) is 4.79 Å². The summed E-state index contributed by atoms with van der Waals surface area (Å²) in [4.78, 5) is 35.0. The fourth-order valence-electron chi connectivity index (χ4n) is 2.34. The molecule has 1 saturated heterocycles. The molecule has 1 aliphatic heterocycles. The minimum Gasteiger partial charge on any atom is -0.378 e. The fraction of sp³-hybridized carbons (Fsp3) is 0.0556. The number of rotatable bonds is 4. The van der Waals surface area contributed by atoms with Crippen molar-refractivity contribution in [1.82, 2.24) is 10.6 Å². The van der Waals surface area contributed by atoms with Crippen molar-refractivity contribution < 1.29 is 27.0 Å². The largest absolute Gasteiger partial charge is 0.378 e. The Morgan fingerprint density at radius 2 is 1.57 bits per heavy atom. The van der Waals surface area contributed by atoms with E-state index in [2.05, 4.69) is 15.9 Å². The van der Waals surface area contributed by atoms with E-state index in [1.807, 2.05) is 17.6 Å². The number of carbonyl (C=O) groups excluding carboxylic acids is 3.